The molecule has 0 aliphatic rings. The first-order valence-corrected chi connectivity index (χ1v) is 9.82. The number of hydrogen-bond acceptors (Lipinski definition) is 4. The van der Waals surface area contributed by atoms with Crippen LogP contribution in [-0.4, -0.2) is 9.97 Å². The van der Waals surface area contributed by atoms with E-state index in [2.05, 4.69) is 48.1 Å². The molecule has 0 saturated heterocycles. The molecule has 0 spiro atoms. The van der Waals surface area contributed by atoms with Crippen molar-refractivity contribution in [2.75, 3.05) is 0 Å². The molecule has 0 bridgehead atoms. The van der Waals surface area contributed by atoms with Crippen LogP contribution in [-0.2, 0) is 0 Å². The number of oxazole rings is 2. The van der Waals surface area contributed by atoms with Gasteiger partial charge in [0, 0.05) is 22.3 Å². The molecule has 30 heavy (non-hydrogen) atoms. The molecule has 0 aliphatic carbocycles. The lowest BCUT2D eigenvalue weighted by Crippen LogP contribution is -1.83. The van der Waals surface area contributed by atoms with Crippen LogP contribution >= 0.6 is 0 Å². The molecule has 2 heterocycles. The van der Waals surface area contributed by atoms with Gasteiger partial charge in [0.2, 0.25) is 11.8 Å². The van der Waals surface area contributed by atoms with Crippen molar-refractivity contribution in [3.8, 4) is 45.4 Å². The van der Waals surface area contributed by atoms with Crippen LogP contribution in [0.1, 0.15) is 11.1 Å². The lowest BCUT2D eigenvalue weighted by Gasteiger charge is -1.99. The van der Waals surface area contributed by atoms with E-state index in [9.17, 15) is 0 Å². The van der Waals surface area contributed by atoms with Crippen molar-refractivity contribution < 1.29 is 8.83 Å². The van der Waals surface area contributed by atoms with Gasteiger partial charge < -0.3 is 8.83 Å². The van der Waals surface area contributed by atoms with Crippen LogP contribution in [0.15, 0.2) is 94.2 Å². The maximum absolute atomic E-state index is 5.70. The summed E-state index contributed by atoms with van der Waals surface area (Å²) in [6.45, 7) is 4.13. The van der Waals surface area contributed by atoms with Gasteiger partial charge in [-0.05, 0) is 38.1 Å². The maximum Gasteiger partial charge on any atom is 0.226 e. The molecule has 0 N–H and O–H groups in total. The molecule has 4 nitrogen and oxygen atoms in total. The minimum absolute atomic E-state index is 0.588. The second-order valence-corrected chi connectivity index (χ2v) is 7.39. The van der Waals surface area contributed by atoms with Crippen molar-refractivity contribution in [2.24, 2.45) is 0 Å². The molecular formula is C26H20N2O2. The highest BCUT2D eigenvalue weighted by Crippen LogP contribution is 2.29. The van der Waals surface area contributed by atoms with Crippen LogP contribution in [0.4, 0.5) is 0 Å². The van der Waals surface area contributed by atoms with E-state index in [1.54, 1.807) is 12.5 Å². The third kappa shape index (κ3) is 3.55. The fourth-order valence-corrected chi connectivity index (χ4v) is 3.28. The summed E-state index contributed by atoms with van der Waals surface area (Å²) in [6.07, 6.45) is 3.38. The molecule has 0 amide bonds. The van der Waals surface area contributed by atoms with Gasteiger partial charge in [-0.2, -0.15) is 0 Å². The van der Waals surface area contributed by atoms with E-state index in [1.807, 2.05) is 48.5 Å². The van der Waals surface area contributed by atoms with E-state index in [1.165, 1.54) is 11.1 Å². The van der Waals surface area contributed by atoms with E-state index < -0.39 is 0 Å². The monoisotopic (exact) mass is 392 g/mol. The highest BCUT2D eigenvalue weighted by molar-refractivity contribution is 5.67. The molecule has 0 unspecified atom stereocenters. The van der Waals surface area contributed by atoms with Gasteiger partial charge >= 0.3 is 0 Å². The van der Waals surface area contributed by atoms with Gasteiger partial charge in [-0.25, -0.2) is 9.97 Å². The van der Waals surface area contributed by atoms with Gasteiger partial charge in [0.15, 0.2) is 0 Å². The number of nitrogens with zero attached hydrogens (tertiary/aromatic N) is 2. The number of hydrogen-bond donors (Lipinski definition) is 0. The molecule has 0 atom stereocenters. The predicted octanol–water partition coefficient (Wildman–Crippen LogP) is 6.95. The van der Waals surface area contributed by atoms with E-state index >= 15 is 0 Å². The minimum atomic E-state index is 0.588. The molecule has 0 fully saturated rings. The molecule has 2 aromatic heterocycles. The van der Waals surface area contributed by atoms with Crippen molar-refractivity contribution in [1.82, 2.24) is 9.97 Å². The Balaban J connectivity index is 1.37. The Bertz CT molecular complexity index is 1180. The third-order valence-corrected chi connectivity index (χ3v) is 5.08. The Kier molecular flexibility index (Phi) is 4.52. The maximum atomic E-state index is 5.70. The normalized spacial score (nSPS) is 11.0. The van der Waals surface area contributed by atoms with Crippen molar-refractivity contribution in [2.45, 2.75) is 13.8 Å². The van der Waals surface area contributed by atoms with Crippen LogP contribution < -0.4 is 0 Å². The van der Waals surface area contributed by atoms with Crippen LogP contribution in [0.5, 0.6) is 0 Å². The van der Waals surface area contributed by atoms with Gasteiger partial charge in [0.05, 0.1) is 0 Å². The molecule has 0 radical (unpaired) electrons. The Morgan fingerprint density at radius 3 is 1.17 bits per heavy atom. The second kappa shape index (κ2) is 7.48. The summed E-state index contributed by atoms with van der Waals surface area (Å²) < 4.78 is 11.4. The molecule has 5 aromatic rings. The molecule has 4 heteroatoms. The Morgan fingerprint density at radius 2 is 0.800 bits per heavy atom. The summed E-state index contributed by atoms with van der Waals surface area (Å²) in [6, 6.07) is 24.3. The second-order valence-electron chi connectivity index (χ2n) is 7.39. The van der Waals surface area contributed by atoms with Crippen molar-refractivity contribution in [1.29, 1.82) is 0 Å². The smallest absolute Gasteiger partial charge is 0.226 e. The zero-order chi connectivity index (χ0) is 20.5. The topological polar surface area (TPSA) is 52.1 Å². The minimum Gasteiger partial charge on any atom is -0.444 e. The number of benzene rings is 3. The third-order valence-electron chi connectivity index (χ3n) is 5.08. The van der Waals surface area contributed by atoms with Crippen LogP contribution in [0.2, 0.25) is 0 Å². The zero-order valence-electron chi connectivity index (χ0n) is 16.8. The fourth-order valence-electron chi connectivity index (χ4n) is 3.28. The van der Waals surface area contributed by atoms with Gasteiger partial charge in [-0.15, -0.1) is 0 Å². The first-order valence-electron chi connectivity index (χ1n) is 9.82. The number of aromatic nitrogens is 2. The summed E-state index contributed by atoms with van der Waals surface area (Å²) in [5.41, 5.74) is 7.97. The van der Waals surface area contributed by atoms with E-state index in [0.29, 0.717) is 11.8 Å². The molecule has 5 rings (SSSR count). The molecule has 0 saturated carbocycles. The van der Waals surface area contributed by atoms with Gasteiger partial charge in [-0.3, -0.25) is 0 Å². The van der Waals surface area contributed by atoms with E-state index in [-0.39, 0.29) is 0 Å². The summed E-state index contributed by atoms with van der Waals surface area (Å²) in [5, 5.41) is 0. The summed E-state index contributed by atoms with van der Waals surface area (Å²) in [4.78, 5) is 9.26. The summed E-state index contributed by atoms with van der Waals surface area (Å²) in [5.74, 6) is 1.18. The Hall–Kier alpha value is -3.92. The first kappa shape index (κ1) is 18.1. The predicted molar refractivity (Wildman–Crippen MR) is 118 cm³/mol. The zero-order valence-corrected chi connectivity index (χ0v) is 16.8. The van der Waals surface area contributed by atoms with Crippen LogP contribution in [0.25, 0.3) is 45.4 Å². The molecular weight excluding hydrogens is 372 g/mol. The summed E-state index contributed by atoms with van der Waals surface area (Å²) in [7, 11) is 0. The SMILES string of the molecule is Cc1ccc(-c2coc(-c3ccc(-c4nc(-c5ccc(C)cc5)co4)cc3)n2)cc1. The summed E-state index contributed by atoms with van der Waals surface area (Å²) >= 11 is 0. The Labute approximate surface area is 174 Å². The average Bonchev–Trinajstić information content (AvgIpc) is 3.45. The van der Waals surface area contributed by atoms with Gasteiger partial charge in [-0.1, -0.05) is 59.7 Å². The quantitative estimate of drug-likeness (QED) is 0.332. The van der Waals surface area contributed by atoms with Crippen molar-refractivity contribution in [3.05, 3.63) is 96.4 Å². The number of rotatable bonds is 4. The molecule has 0 aliphatic heterocycles. The Morgan fingerprint density at radius 1 is 0.467 bits per heavy atom. The van der Waals surface area contributed by atoms with E-state index in [0.717, 1.165) is 33.6 Å². The molecule has 3 aromatic carbocycles. The van der Waals surface area contributed by atoms with Crippen LogP contribution in [0.3, 0.4) is 0 Å². The fraction of sp³-hybridized carbons (Fsp3) is 0.0769. The largest absolute Gasteiger partial charge is 0.444 e. The standard InChI is InChI=1S/C26H20N2O2/c1-17-3-7-19(8-4-17)23-15-29-25(27-23)21-11-13-22(14-12-21)26-28-24(16-30-26)20-9-5-18(2)6-10-20/h3-16H,1-2H3. The molecule has 146 valence electrons. The number of aryl methyl sites for hydroxylation is 2. The van der Waals surface area contributed by atoms with Gasteiger partial charge in [0.1, 0.15) is 23.9 Å². The van der Waals surface area contributed by atoms with Gasteiger partial charge in [0.25, 0.3) is 0 Å². The lowest BCUT2D eigenvalue weighted by molar-refractivity contribution is 0.573. The lowest BCUT2D eigenvalue weighted by atomic mass is 10.1. The average molecular weight is 392 g/mol. The highest BCUT2D eigenvalue weighted by Gasteiger charge is 2.11. The van der Waals surface area contributed by atoms with Crippen molar-refractivity contribution >= 4 is 0 Å². The highest BCUT2D eigenvalue weighted by atomic mass is 16.3. The van der Waals surface area contributed by atoms with Crippen molar-refractivity contribution in [3.63, 3.8) is 0 Å². The first-order chi connectivity index (χ1) is 14.7. The van der Waals surface area contributed by atoms with E-state index in [4.69, 9.17) is 8.83 Å². The van der Waals surface area contributed by atoms with Crippen LogP contribution in [0, 0.1) is 13.8 Å².